The van der Waals surface area contributed by atoms with Crippen LogP contribution in [-0.2, 0) is 6.54 Å². The minimum absolute atomic E-state index is 0.0270. The fourth-order valence-corrected chi connectivity index (χ4v) is 2.59. The fraction of sp³-hybridized carbons (Fsp3) is 0.417. The standard InChI is InChI=1S/C12H16N4OS/c1-8(7-16-6-4-5-13-16)14-12(17)11-9(2)15-10(3)18-11/h4-6,8H,7H2,1-3H3,(H,14,17)/t8-/m0/s1. The van der Waals surface area contributed by atoms with Gasteiger partial charge in [0, 0.05) is 18.4 Å². The van der Waals surface area contributed by atoms with Gasteiger partial charge in [-0.2, -0.15) is 5.10 Å². The van der Waals surface area contributed by atoms with Gasteiger partial charge in [0.25, 0.3) is 5.91 Å². The molecule has 1 amide bonds. The molecule has 0 aliphatic rings. The topological polar surface area (TPSA) is 59.8 Å². The number of carbonyl (C=O) groups is 1. The van der Waals surface area contributed by atoms with Crippen LogP contribution in [0.3, 0.4) is 0 Å². The lowest BCUT2D eigenvalue weighted by Gasteiger charge is -2.13. The zero-order valence-electron chi connectivity index (χ0n) is 10.7. The SMILES string of the molecule is Cc1nc(C)c(C(=O)N[C@@H](C)Cn2cccn2)s1. The van der Waals surface area contributed by atoms with Crippen molar-refractivity contribution in [3.8, 4) is 0 Å². The van der Waals surface area contributed by atoms with E-state index in [0.29, 0.717) is 11.4 Å². The first-order chi connectivity index (χ1) is 8.56. The first kappa shape index (κ1) is 12.8. The van der Waals surface area contributed by atoms with E-state index in [9.17, 15) is 4.79 Å². The maximum absolute atomic E-state index is 12.0. The van der Waals surface area contributed by atoms with Crippen molar-refractivity contribution in [2.24, 2.45) is 0 Å². The van der Waals surface area contributed by atoms with Crippen LogP contribution < -0.4 is 5.32 Å². The highest BCUT2D eigenvalue weighted by Crippen LogP contribution is 2.16. The zero-order chi connectivity index (χ0) is 13.1. The van der Waals surface area contributed by atoms with E-state index in [2.05, 4.69) is 15.4 Å². The number of thiazole rings is 1. The molecule has 0 fully saturated rings. The van der Waals surface area contributed by atoms with E-state index in [4.69, 9.17) is 0 Å². The number of carbonyl (C=O) groups excluding carboxylic acids is 1. The van der Waals surface area contributed by atoms with Gasteiger partial charge >= 0.3 is 0 Å². The Bertz CT molecular complexity index is 532. The normalized spacial score (nSPS) is 12.4. The van der Waals surface area contributed by atoms with Gasteiger partial charge in [-0.05, 0) is 26.8 Å². The van der Waals surface area contributed by atoms with Gasteiger partial charge in [0.2, 0.25) is 0 Å². The van der Waals surface area contributed by atoms with Gasteiger partial charge in [0.15, 0.2) is 0 Å². The Morgan fingerprint density at radius 3 is 2.89 bits per heavy atom. The molecule has 0 unspecified atom stereocenters. The van der Waals surface area contributed by atoms with Crippen LogP contribution in [0.25, 0.3) is 0 Å². The first-order valence-electron chi connectivity index (χ1n) is 5.78. The summed E-state index contributed by atoms with van der Waals surface area (Å²) in [5.74, 6) is -0.0576. The smallest absolute Gasteiger partial charge is 0.263 e. The largest absolute Gasteiger partial charge is 0.347 e. The minimum atomic E-state index is -0.0576. The molecular weight excluding hydrogens is 248 g/mol. The number of aryl methyl sites for hydroxylation is 2. The van der Waals surface area contributed by atoms with E-state index >= 15 is 0 Å². The van der Waals surface area contributed by atoms with Gasteiger partial charge in [-0.25, -0.2) is 4.98 Å². The van der Waals surface area contributed by atoms with Crippen molar-refractivity contribution in [1.82, 2.24) is 20.1 Å². The van der Waals surface area contributed by atoms with Gasteiger partial charge in [0.1, 0.15) is 4.88 Å². The summed E-state index contributed by atoms with van der Waals surface area (Å²) in [6, 6.07) is 1.89. The fourth-order valence-electron chi connectivity index (χ4n) is 1.77. The lowest BCUT2D eigenvalue weighted by atomic mass is 10.3. The Hall–Kier alpha value is -1.69. The molecule has 2 aromatic heterocycles. The first-order valence-corrected chi connectivity index (χ1v) is 6.60. The third kappa shape index (κ3) is 2.95. The molecule has 0 saturated heterocycles. The van der Waals surface area contributed by atoms with Gasteiger partial charge in [-0.3, -0.25) is 9.48 Å². The van der Waals surface area contributed by atoms with Crippen molar-refractivity contribution in [3.63, 3.8) is 0 Å². The molecule has 5 nitrogen and oxygen atoms in total. The van der Waals surface area contributed by atoms with Crippen LogP contribution in [0.15, 0.2) is 18.5 Å². The van der Waals surface area contributed by atoms with Crippen molar-refractivity contribution >= 4 is 17.2 Å². The van der Waals surface area contributed by atoms with Gasteiger partial charge in [0.05, 0.1) is 17.2 Å². The highest BCUT2D eigenvalue weighted by Gasteiger charge is 2.15. The maximum atomic E-state index is 12.0. The summed E-state index contributed by atoms with van der Waals surface area (Å²) >= 11 is 1.43. The third-order valence-electron chi connectivity index (χ3n) is 2.51. The minimum Gasteiger partial charge on any atom is -0.347 e. The molecule has 2 heterocycles. The molecule has 96 valence electrons. The lowest BCUT2D eigenvalue weighted by Crippen LogP contribution is -2.35. The van der Waals surface area contributed by atoms with Crippen LogP contribution in [-0.4, -0.2) is 26.7 Å². The average Bonchev–Trinajstić information content (AvgIpc) is 2.88. The van der Waals surface area contributed by atoms with E-state index in [0.717, 1.165) is 10.7 Å². The molecule has 1 atom stereocenters. The van der Waals surface area contributed by atoms with E-state index in [1.54, 1.807) is 10.9 Å². The number of hydrogen-bond donors (Lipinski definition) is 1. The number of amides is 1. The molecule has 0 aliphatic heterocycles. The predicted molar refractivity (Wildman–Crippen MR) is 70.7 cm³/mol. The van der Waals surface area contributed by atoms with E-state index in [1.165, 1.54) is 11.3 Å². The van der Waals surface area contributed by atoms with Crippen LogP contribution in [0, 0.1) is 13.8 Å². The van der Waals surface area contributed by atoms with Crippen molar-refractivity contribution in [3.05, 3.63) is 34.0 Å². The summed E-state index contributed by atoms with van der Waals surface area (Å²) in [5.41, 5.74) is 0.793. The number of hydrogen-bond acceptors (Lipinski definition) is 4. The molecule has 1 N–H and O–H groups in total. The molecule has 6 heteroatoms. The summed E-state index contributed by atoms with van der Waals surface area (Å²) in [5, 5.41) is 7.99. The van der Waals surface area contributed by atoms with E-state index < -0.39 is 0 Å². The number of nitrogens with one attached hydrogen (secondary N) is 1. The second-order valence-electron chi connectivity index (χ2n) is 4.25. The Morgan fingerprint density at radius 1 is 1.56 bits per heavy atom. The predicted octanol–water partition coefficient (Wildman–Crippen LogP) is 1.77. The Labute approximate surface area is 110 Å². The summed E-state index contributed by atoms with van der Waals surface area (Å²) < 4.78 is 1.80. The number of aromatic nitrogens is 3. The van der Waals surface area contributed by atoms with Crippen molar-refractivity contribution in [1.29, 1.82) is 0 Å². The second kappa shape index (κ2) is 5.30. The molecule has 0 bridgehead atoms. The van der Waals surface area contributed by atoms with Crippen molar-refractivity contribution < 1.29 is 4.79 Å². The highest BCUT2D eigenvalue weighted by atomic mass is 32.1. The van der Waals surface area contributed by atoms with E-state index in [-0.39, 0.29) is 11.9 Å². The van der Waals surface area contributed by atoms with Crippen LogP contribution in [0.2, 0.25) is 0 Å². The summed E-state index contributed by atoms with van der Waals surface area (Å²) in [4.78, 5) is 17.0. The van der Waals surface area contributed by atoms with E-state index in [1.807, 2.05) is 33.0 Å². The zero-order valence-corrected chi connectivity index (χ0v) is 11.5. The average molecular weight is 264 g/mol. The Kier molecular flexibility index (Phi) is 3.76. The van der Waals surface area contributed by atoms with Crippen molar-refractivity contribution in [2.45, 2.75) is 33.4 Å². The highest BCUT2D eigenvalue weighted by molar-refractivity contribution is 7.13. The van der Waals surface area contributed by atoms with Crippen LogP contribution in [0.5, 0.6) is 0 Å². The van der Waals surface area contributed by atoms with Crippen molar-refractivity contribution in [2.75, 3.05) is 0 Å². The van der Waals surface area contributed by atoms with Crippen LogP contribution in [0.4, 0.5) is 0 Å². The van der Waals surface area contributed by atoms with Gasteiger partial charge < -0.3 is 5.32 Å². The summed E-state index contributed by atoms with van der Waals surface area (Å²) in [7, 11) is 0. The molecule has 2 aromatic rings. The summed E-state index contributed by atoms with van der Waals surface area (Å²) in [6.07, 6.45) is 3.61. The molecule has 0 saturated carbocycles. The molecule has 18 heavy (non-hydrogen) atoms. The Balaban J connectivity index is 1.97. The molecule has 0 aromatic carbocycles. The van der Waals surface area contributed by atoms with Crippen LogP contribution >= 0.6 is 11.3 Å². The van der Waals surface area contributed by atoms with Crippen LogP contribution in [0.1, 0.15) is 27.3 Å². The molecule has 0 radical (unpaired) electrons. The molecular formula is C12H16N4OS. The summed E-state index contributed by atoms with van der Waals surface area (Å²) in [6.45, 7) is 6.39. The number of nitrogens with zero attached hydrogens (tertiary/aromatic N) is 3. The maximum Gasteiger partial charge on any atom is 0.263 e. The van der Waals surface area contributed by atoms with Gasteiger partial charge in [-0.1, -0.05) is 0 Å². The quantitative estimate of drug-likeness (QED) is 0.915. The van der Waals surface area contributed by atoms with Gasteiger partial charge in [-0.15, -0.1) is 11.3 Å². The third-order valence-corrected chi connectivity index (χ3v) is 3.58. The molecule has 0 spiro atoms. The lowest BCUT2D eigenvalue weighted by molar-refractivity contribution is 0.0939. The number of rotatable bonds is 4. The Morgan fingerprint density at radius 2 is 2.33 bits per heavy atom. The monoisotopic (exact) mass is 264 g/mol. The molecule has 0 aliphatic carbocycles. The molecule has 2 rings (SSSR count). The second-order valence-corrected chi connectivity index (χ2v) is 5.45.